The second-order valence-electron chi connectivity index (χ2n) is 5.61. The molecule has 3 aromatic rings. The summed E-state index contributed by atoms with van der Waals surface area (Å²) in [5.41, 5.74) is 2.38. The maximum Gasteiger partial charge on any atom is 0.252 e. The summed E-state index contributed by atoms with van der Waals surface area (Å²) in [7, 11) is 0. The molecule has 0 radical (unpaired) electrons. The Kier molecular flexibility index (Phi) is 3.94. The van der Waals surface area contributed by atoms with Crippen LogP contribution in [0.25, 0.3) is 21.5 Å². The highest BCUT2D eigenvalue weighted by atomic mass is 32.1. The first-order chi connectivity index (χ1) is 10.5. The Bertz CT molecular complexity index is 836. The number of hydrogen-bond acceptors (Lipinski definition) is 3. The second-order valence-corrected chi connectivity index (χ2v) is 6.90. The Morgan fingerprint density at radius 3 is 2.64 bits per heavy atom. The van der Waals surface area contributed by atoms with Crippen molar-refractivity contribution in [2.75, 3.05) is 0 Å². The van der Waals surface area contributed by atoms with Crippen LogP contribution < -0.4 is 5.32 Å². The normalized spacial score (nSPS) is 11.1. The van der Waals surface area contributed by atoms with Crippen LogP contribution in [0, 0.1) is 6.92 Å². The molecule has 0 saturated carbocycles. The fourth-order valence-electron chi connectivity index (χ4n) is 2.40. The van der Waals surface area contributed by atoms with Gasteiger partial charge in [0.1, 0.15) is 0 Å². The molecule has 0 saturated heterocycles. The molecular formula is C18H18N2OS. The van der Waals surface area contributed by atoms with Crippen molar-refractivity contribution in [3.63, 3.8) is 0 Å². The zero-order chi connectivity index (χ0) is 15.7. The summed E-state index contributed by atoms with van der Waals surface area (Å²) >= 11 is 1.69. The maximum atomic E-state index is 12.5. The fourth-order valence-corrected chi connectivity index (χ4v) is 3.23. The predicted octanol–water partition coefficient (Wildman–Crippen LogP) is 4.41. The summed E-state index contributed by atoms with van der Waals surface area (Å²) in [6.45, 7) is 6.00. The van der Waals surface area contributed by atoms with Crippen molar-refractivity contribution in [1.29, 1.82) is 0 Å². The third-order valence-electron chi connectivity index (χ3n) is 3.37. The van der Waals surface area contributed by atoms with Gasteiger partial charge in [0.05, 0.1) is 21.7 Å². The van der Waals surface area contributed by atoms with E-state index in [0.717, 1.165) is 21.5 Å². The number of benzene rings is 1. The van der Waals surface area contributed by atoms with Gasteiger partial charge in [-0.1, -0.05) is 18.2 Å². The van der Waals surface area contributed by atoms with Gasteiger partial charge in [-0.3, -0.25) is 4.79 Å². The van der Waals surface area contributed by atoms with E-state index in [0.29, 0.717) is 5.56 Å². The van der Waals surface area contributed by atoms with Crippen molar-refractivity contribution in [2.45, 2.75) is 26.8 Å². The zero-order valence-corrected chi connectivity index (χ0v) is 13.7. The van der Waals surface area contributed by atoms with Gasteiger partial charge in [0.15, 0.2) is 0 Å². The number of amides is 1. The number of hydrogen-bond donors (Lipinski definition) is 1. The molecule has 0 atom stereocenters. The minimum Gasteiger partial charge on any atom is -0.350 e. The number of para-hydroxylation sites is 1. The van der Waals surface area contributed by atoms with Crippen LogP contribution in [-0.4, -0.2) is 16.9 Å². The van der Waals surface area contributed by atoms with E-state index < -0.39 is 0 Å². The summed E-state index contributed by atoms with van der Waals surface area (Å²) in [6, 6.07) is 13.9. The van der Waals surface area contributed by atoms with Crippen molar-refractivity contribution in [2.24, 2.45) is 0 Å². The minimum absolute atomic E-state index is 0.0527. The third kappa shape index (κ3) is 2.88. The number of nitrogens with one attached hydrogen (secondary N) is 1. The SMILES string of the molecule is Cc1ccc(-c2cc(C(=O)NC(C)C)c3ccccc3n2)s1. The van der Waals surface area contributed by atoms with Crippen LogP contribution in [0.5, 0.6) is 0 Å². The topological polar surface area (TPSA) is 42.0 Å². The van der Waals surface area contributed by atoms with Crippen LogP contribution in [0.3, 0.4) is 0 Å². The molecule has 1 aromatic carbocycles. The first-order valence-electron chi connectivity index (χ1n) is 7.32. The van der Waals surface area contributed by atoms with Gasteiger partial charge in [0.25, 0.3) is 5.91 Å². The Morgan fingerprint density at radius 2 is 1.95 bits per heavy atom. The first kappa shape index (κ1) is 14.7. The van der Waals surface area contributed by atoms with Gasteiger partial charge in [-0.2, -0.15) is 0 Å². The van der Waals surface area contributed by atoms with Gasteiger partial charge >= 0.3 is 0 Å². The van der Waals surface area contributed by atoms with Crippen molar-refractivity contribution in [1.82, 2.24) is 10.3 Å². The van der Waals surface area contributed by atoms with Crippen molar-refractivity contribution in [3.8, 4) is 10.6 Å². The largest absolute Gasteiger partial charge is 0.350 e. The second kappa shape index (κ2) is 5.89. The average molecular weight is 310 g/mol. The molecule has 3 rings (SSSR count). The van der Waals surface area contributed by atoms with Gasteiger partial charge < -0.3 is 5.32 Å². The van der Waals surface area contributed by atoms with Crippen molar-refractivity contribution >= 4 is 28.1 Å². The van der Waals surface area contributed by atoms with Crippen molar-refractivity contribution in [3.05, 3.63) is 52.9 Å². The van der Waals surface area contributed by atoms with E-state index in [4.69, 9.17) is 4.98 Å². The lowest BCUT2D eigenvalue weighted by molar-refractivity contribution is 0.0945. The minimum atomic E-state index is -0.0527. The van der Waals surface area contributed by atoms with Gasteiger partial charge in [0, 0.05) is 16.3 Å². The predicted molar refractivity (Wildman–Crippen MR) is 92.4 cm³/mol. The number of nitrogens with zero attached hydrogens (tertiary/aromatic N) is 1. The van der Waals surface area contributed by atoms with Gasteiger partial charge in [-0.25, -0.2) is 4.98 Å². The standard InChI is InChI=1S/C18H18N2OS/c1-11(2)19-18(21)14-10-16(17-9-8-12(3)22-17)20-15-7-5-4-6-13(14)15/h4-11H,1-3H3,(H,19,21). The molecule has 0 aliphatic rings. The molecule has 0 aliphatic heterocycles. The molecule has 0 aliphatic carbocycles. The van der Waals surface area contributed by atoms with Crippen molar-refractivity contribution < 1.29 is 4.79 Å². The van der Waals surface area contributed by atoms with E-state index in [1.54, 1.807) is 11.3 Å². The summed E-state index contributed by atoms with van der Waals surface area (Å²) in [6.07, 6.45) is 0. The van der Waals surface area contributed by atoms with Crippen LogP contribution in [0.4, 0.5) is 0 Å². The molecule has 1 N–H and O–H groups in total. The van der Waals surface area contributed by atoms with Crippen LogP contribution in [0.2, 0.25) is 0 Å². The molecule has 22 heavy (non-hydrogen) atoms. The van der Waals surface area contributed by atoms with E-state index in [2.05, 4.69) is 24.4 Å². The lowest BCUT2D eigenvalue weighted by Crippen LogP contribution is -2.30. The van der Waals surface area contributed by atoms with Gasteiger partial charge in [0.2, 0.25) is 0 Å². The number of fused-ring (bicyclic) bond motifs is 1. The lowest BCUT2D eigenvalue weighted by Gasteiger charge is -2.11. The first-order valence-corrected chi connectivity index (χ1v) is 8.13. The van der Waals surface area contributed by atoms with Crippen LogP contribution in [-0.2, 0) is 0 Å². The summed E-state index contributed by atoms with van der Waals surface area (Å²) in [4.78, 5) is 19.6. The number of aryl methyl sites for hydroxylation is 1. The van der Waals surface area contributed by atoms with Crippen LogP contribution >= 0.6 is 11.3 Å². The molecule has 0 bridgehead atoms. The zero-order valence-electron chi connectivity index (χ0n) is 12.9. The Morgan fingerprint density at radius 1 is 1.18 bits per heavy atom. The van der Waals surface area contributed by atoms with Crippen LogP contribution in [0.1, 0.15) is 29.1 Å². The molecule has 2 aromatic heterocycles. The molecule has 2 heterocycles. The number of aromatic nitrogens is 1. The highest BCUT2D eigenvalue weighted by Crippen LogP contribution is 2.29. The third-order valence-corrected chi connectivity index (χ3v) is 4.40. The van der Waals surface area contributed by atoms with Gasteiger partial charge in [-0.05, 0) is 45.0 Å². The molecule has 3 nitrogen and oxygen atoms in total. The quantitative estimate of drug-likeness (QED) is 0.778. The fraction of sp³-hybridized carbons (Fsp3) is 0.222. The van der Waals surface area contributed by atoms with E-state index in [9.17, 15) is 4.79 Å². The number of carbonyl (C=O) groups excluding carboxylic acids is 1. The Hall–Kier alpha value is -2.20. The Labute approximate surface area is 134 Å². The van der Waals surface area contributed by atoms with E-state index >= 15 is 0 Å². The monoisotopic (exact) mass is 310 g/mol. The Balaban J connectivity index is 2.18. The van der Waals surface area contributed by atoms with E-state index in [1.807, 2.05) is 44.2 Å². The molecule has 0 spiro atoms. The summed E-state index contributed by atoms with van der Waals surface area (Å²) in [5, 5.41) is 3.86. The highest BCUT2D eigenvalue weighted by Gasteiger charge is 2.15. The molecule has 112 valence electrons. The smallest absolute Gasteiger partial charge is 0.252 e. The molecule has 4 heteroatoms. The van der Waals surface area contributed by atoms with Gasteiger partial charge in [-0.15, -0.1) is 11.3 Å². The van der Waals surface area contributed by atoms with E-state index in [1.165, 1.54) is 4.88 Å². The molecule has 0 unspecified atom stereocenters. The number of pyridine rings is 1. The lowest BCUT2D eigenvalue weighted by atomic mass is 10.1. The average Bonchev–Trinajstić information content (AvgIpc) is 2.92. The van der Waals surface area contributed by atoms with E-state index in [-0.39, 0.29) is 11.9 Å². The summed E-state index contributed by atoms with van der Waals surface area (Å²) < 4.78 is 0. The maximum absolute atomic E-state index is 12.5. The summed E-state index contributed by atoms with van der Waals surface area (Å²) in [5.74, 6) is -0.0527. The molecule has 0 fully saturated rings. The number of carbonyl (C=O) groups is 1. The highest BCUT2D eigenvalue weighted by molar-refractivity contribution is 7.15. The number of thiophene rings is 1. The number of rotatable bonds is 3. The van der Waals surface area contributed by atoms with Crippen LogP contribution in [0.15, 0.2) is 42.5 Å². The molecular weight excluding hydrogens is 292 g/mol. The molecule has 1 amide bonds.